The molecule has 100 valence electrons. The van der Waals surface area contributed by atoms with Gasteiger partial charge in [-0.15, -0.1) is 12.6 Å². The number of benzene rings is 1. The number of amides is 1. The molecule has 0 spiro atoms. The molecule has 0 aliphatic carbocycles. The van der Waals surface area contributed by atoms with Crippen LogP contribution < -0.4 is 0 Å². The Morgan fingerprint density at radius 3 is 2.61 bits per heavy atom. The second kappa shape index (κ2) is 6.08. The number of rotatable bonds is 4. The van der Waals surface area contributed by atoms with Crippen LogP contribution in [0.4, 0.5) is 0 Å². The molecule has 1 aromatic carbocycles. The van der Waals surface area contributed by atoms with Crippen molar-refractivity contribution < 1.29 is 9.90 Å². The predicted octanol–water partition coefficient (Wildman–Crippen LogP) is 2.97. The highest BCUT2D eigenvalue weighted by atomic mass is 79.9. The normalized spacial score (nSPS) is 11.4. The Balaban J connectivity index is 3.00. The van der Waals surface area contributed by atoms with E-state index in [1.165, 1.54) is 0 Å². The highest BCUT2D eigenvalue weighted by Gasteiger charge is 2.23. The molecule has 0 bridgehead atoms. The van der Waals surface area contributed by atoms with Gasteiger partial charge in [0.15, 0.2) is 0 Å². The fourth-order valence-electron chi connectivity index (χ4n) is 1.64. The molecule has 1 rings (SSSR count). The third kappa shape index (κ3) is 4.30. The zero-order valence-corrected chi connectivity index (χ0v) is 13.3. The lowest BCUT2D eigenvalue weighted by Gasteiger charge is -2.28. The maximum Gasteiger partial charge on any atom is 0.255 e. The van der Waals surface area contributed by atoms with Crippen LogP contribution in [0.15, 0.2) is 27.6 Å². The number of hydrogen-bond acceptors (Lipinski definition) is 3. The largest absolute Gasteiger partial charge is 0.389 e. The lowest BCUT2D eigenvalue weighted by atomic mass is 10.1. The number of halogens is 1. The van der Waals surface area contributed by atoms with Gasteiger partial charge in [-0.3, -0.25) is 4.79 Å². The molecule has 1 N–H and O–H groups in total. The molecule has 0 heterocycles. The minimum absolute atomic E-state index is 0.109. The van der Waals surface area contributed by atoms with Crippen LogP contribution >= 0.6 is 28.6 Å². The first-order valence-corrected chi connectivity index (χ1v) is 6.99. The van der Waals surface area contributed by atoms with Crippen LogP contribution in [0, 0.1) is 0 Å². The molecule has 0 fully saturated rings. The molecule has 3 nitrogen and oxygen atoms in total. The average Bonchev–Trinajstić information content (AvgIpc) is 2.27. The van der Waals surface area contributed by atoms with Crippen molar-refractivity contribution in [3.63, 3.8) is 0 Å². The highest BCUT2D eigenvalue weighted by molar-refractivity contribution is 9.10. The number of likely N-dealkylation sites (N-methyl/N-ethyl adjacent to an activating group) is 1. The van der Waals surface area contributed by atoms with E-state index in [-0.39, 0.29) is 5.91 Å². The van der Waals surface area contributed by atoms with Crippen LogP contribution in [0.2, 0.25) is 0 Å². The SMILES string of the molecule is CCN(CC(C)(C)O)C(=O)c1cc(S)ccc1Br. The average molecular weight is 332 g/mol. The van der Waals surface area contributed by atoms with Gasteiger partial charge < -0.3 is 10.0 Å². The first-order chi connectivity index (χ1) is 8.24. The number of carbonyl (C=O) groups is 1. The quantitative estimate of drug-likeness (QED) is 0.833. The van der Waals surface area contributed by atoms with E-state index >= 15 is 0 Å². The van der Waals surface area contributed by atoms with Gasteiger partial charge in [-0.2, -0.15) is 0 Å². The fraction of sp³-hybridized carbons (Fsp3) is 0.462. The van der Waals surface area contributed by atoms with Gasteiger partial charge in [-0.05, 0) is 54.9 Å². The first-order valence-electron chi connectivity index (χ1n) is 5.75. The van der Waals surface area contributed by atoms with Gasteiger partial charge in [0.1, 0.15) is 0 Å². The van der Waals surface area contributed by atoms with Crippen molar-refractivity contribution in [2.75, 3.05) is 13.1 Å². The van der Waals surface area contributed by atoms with E-state index < -0.39 is 5.60 Å². The van der Waals surface area contributed by atoms with E-state index in [1.807, 2.05) is 13.0 Å². The molecule has 1 aromatic rings. The molecule has 0 aliphatic heterocycles. The summed E-state index contributed by atoms with van der Waals surface area (Å²) in [4.78, 5) is 14.7. The van der Waals surface area contributed by atoms with Gasteiger partial charge >= 0.3 is 0 Å². The maximum atomic E-state index is 12.4. The third-order valence-electron chi connectivity index (χ3n) is 2.43. The van der Waals surface area contributed by atoms with Crippen LogP contribution in [-0.4, -0.2) is 34.6 Å². The fourth-order valence-corrected chi connectivity index (χ4v) is 2.26. The van der Waals surface area contributed by atoms with Crippen molar-refractivity contribution in [3.05, 3.63) is 28.2 Å². The van der Waals surface area contributed by atoms with E-state index in [9.17, 15) is 9.90 Å². The van der Waals surface area contributed by atoms with E-state index in [2.05, 4.69) is 28.6 Å². The van der Waals surface area contributed by atoms with Crippen LogP contribution in [0.3, 0.4) is 0 Å². The number of nitrogens with zero attached hydrogens (tertiary/aromatic N) is 1. The van der Waals surface area contributed by atoms with Crippen molar-refractivity contribution in [1.29, 1.82) is 0 Å². The Morgan fingerprint density at radius 1 is 1.50 bits per heavy atom. The zero-order valence-electron chi connectivity index (χ0n) is 10.8. The molecule has 0 saturated heterocycles. The monoisotopic (exact) mass is 331 g/mol. The summed E-state index contributed by atoms with van der Waals surface area (Å²) in [6.07, 6.45) is 0. The summed E-state index contributed by atoms with van der Waals surface area (Å²) in [6.45, 7) is 6.11. The zero-order chi connectivity index (χ0) is 13.9. The Hall–Kier alpha value is -0.520. The first kappa shape index (κ1) is 15.5. The van der Waals surface area contributed by atoms with E-state index in [4.69, 9.17) is 0 Å². The topological polar surface area (TPSA) is 40.5 Å². The molecule has 5 heteroatoms. The minimum Gasteiger partial charge on any atom is -0.389 e. The Kier molecular flexibility index (Phi) is 5.25. The molecule has 0 radical (unpaired) electrons. The summed E-state index contributed by atoms with van der Waals surface area (Å²) < 4.78 is 0.736. The molecule has 18 heavy (non-hydrogen) atoms. The lowest BCUT2D eigenvalue weighted by Crippen LogP contribution is -2.42. The Bertz CT molecular complexity index is 443. The van der Waals surface area contributed by atoms with Gasteiger partial charge in [-0.25, -0.2) is 0 Å². The summed E-state index contributed by atoms with van der Waals surface area (Å²) >= 11 is 7.60. The van der Waals surface area contributed by atoms with Gasteiger partial charge in [0.05, 0.1) is 11.2 Å². The van der Waals surface area contributed by atoms with Gasteiger partial charge in [0.25, 0.3) is 5.91 Å². The lowest BCUT2D eigenvalue weighted by molar-refractivity contribution is 0.0314. The third-order valence-corrected chi connectivity index (χ3v) is 3.40. The second-order valence-electron chi connectivity index (χ2n) is 4.80. The van der Waals surface area contributed by atoms with Crippen molar-refractivity contribution >= 4 is 34.5 Å². The number of hydrogen-bond donors (Lipinski definition) is 2. The van der Waals surface area contributed by atoms with Gasteiger partial charge in [-0.1, -0.05) is 0 Å². The molecule has 1 amide bonds. The summed E-state index contributed by atoms with van der Waals surface area (Å²) in [6, 6.07) is 5.34. The van der Waals surface area contributed by atoms with Crippen LogP contribution in [-0.2, 0) is 0 Å². The molecule has 0 saturated carbocycles. The smallest absolute Gasteiger partial charge is 0.255 e. The van der Waals surface area contributed by atoms with Crippen LogP contribution in [0.1, 0.15) is 31.1 Å². The Morgan fingerprint density at radius 2 is 2.11 bits per heavy atom. The van der Waals surface area contributed by atoms with E-state index in [0.29, 0.717) is 18.7 Å². The van der Waals surface area contributed by atoms with Crippen molar-refractivity contribution in [2.24, 2.45) is 0 Å². The summed E-state index contributed by atoms with van der Waals surface area (Å²) in [5, 5.41) is 9.82. The molecular weight excluding hydrogens is 314 g/mol. The van der Waals surface area contributed by atoms with E-state index in [0.717, 1.165) is 9.37 Å². The summed E-state index contributed by atoms with van der Waals surface area (Å²) in [5.74, 6) is -0.109. The van der Waals surface area contributed by atoms with Crippen LogP contribution in [0.25, 0.3) is 0 Å². The van der Waals surface area contributed by atoms with Gasteiger partial charge in [0, 0.05) is 22.5 Å². The number of aliphatic hydroxyl groups is 1. The molecular formula is C13H18BrNO2S. The molecule has 0 aromatic heterocycles. The molecule has 0 unspecified atom stereocenters. The number of thiol groups is 1. The standard InChI is InChI=1S/C13H18BrNO2S/c1-4-15(8-13(2,3)17)12(16)10-7-9(18)5-6-11(10)14/h5-7,17-18H,4,8H2,1-3H3. The van der Waals surface area contributed by atoms with Crippen LogP contribution in [0.5, 0.6) is 0 Å². The van der Waals surface area contributed by atoms with Crippen molar-refractivity contribution in [2.45, 2.75) is 31.3 Å². The second-order valence-corrected chi connectivity index (χ2v) is 6.17. The summed E-state index contributed by atoms with van der Waals surface area (Å²) in [5.41, 5.74) is -0.343. The molecule has 0 aliphatic rings. The predicted molar refractivity (Wildman–Crippen MR) is 79.3 cm³/mol. The highest BCUT2D eigenvalue weighted by Crippen LogP contribution is 2.22. The summed E-state index contributed by atoms with van der Waals surface area (Å²) in [7, 11) is 0. The van der Waals surface area contributed by atoms with Crippen molar-refractivity contribution in [1.82, 2.24) is 4.90 Å². The maximum absolute atomic E-state index is 12.4. The number of carbonyl (C=O) groups excluding carboxylic acids is 1. The van der Waals surface area contributed by atoms with Gasteiger partial charge in [0.2, 0.25) is 0 Å². The van der Waals surface area contributed by atoms with Crippen molar-refractivity contribution in [3.8, 4) is 0 Å². The minimum atomic E-state index is -0.906. The van der Waals surface area contributed by atoms with E-state index in [1.54, 1.807) is 30.9 Å². The molecule has 0 atom stereocenters. The Labute approximate surface area is 122 Å².